The van der Waals surface area contributed by atoms with Gasteiger partial charge in [0.2, 0.25) is 0 Å². The third kappa shape index (κ3) is 7.59. The second-order valence-electron chi connectivity index (χ2n) is 17.5. The predicted molar refractivity (Wildman–Crippen MR) is 226 cm³/mol. The third-order valence-electron chi connectivity index (χ3n) is 11.7. The average molecular weight is 803 g/mol. The number of halogens is 2. The number of carbonyl (C=O) groups is 1. The van der Waals surface area contributed by atoms with Gasteiger partial charge in [0.1, 0.15) is 36.6 Å². The number of piperazine rings is 1. The normalized spacial score (nSPS) is 18.7. The van der Waals surface area contributed by atoms with Crippen molar-refractivity contribution < 1.29 is 27.8 Å². The summed E-state index contributed by atoms with van der Waals surface area (Å²) < 4.78 is 51.4. The molecule has 4 aromatic rings. The van der Waals surface area contributed by atoms with E-state index in [1.54, 1.807) is 6.07 Å². The van der Waals surface area contributed by atoms with Gasteiger partial charge in [0.15, 0.2) is 17.8 Å². The second-order valence-corrected chi connectivity index (χ2v) is 23.8. The lowest BCUT2D eigenvalue weighted by atomic mass is 9.92. The number of aromatic nitrogens is 2. The number of thioether (sulfide) groups is 1. The van der Waals surface area contributed by atoms with Gasteiger partial charge in [-0.1, -0.05) is 71.4 Å². The van der Waals surface area contributed by atoms with E-state index in [9.17, 15) is 4.79 Å². The summed E-state index contributed by atoms with van der Waals surface area (Å²) in [6.45, 7) is 22.0. The molecule has 12 heteroatoms. The Labute approximate surface area is 336 Å². The Morgan fingerprint density at radius 3 is 2.38 bits per heavy atom. The number of hydrogen-bond donors (Lipinski definition) is 0. The number of rotatable bonds is 9. The maximum absolute atomic E-state index is 17.5. The molecule has 0 N–H and O–H groups in total. The van der Waals surface area contributed by atoms with Crippen LogP contribution in [0.3, 0.4) is 0 Å². The van der Waals surface area contributed by atoms with E-state index in [1.807, 2.05) is 63.1 Å². The SMILES string of the molecule is COCOc1cc(-c2c(F)cc3c(N4C[C@H]5CC[C@@](C)(C4)N5C(=O)OC(C)(C)C)nc(SC)nc3c2F)c2c(C#C[Si](C(C)C)(C(C)C)C(C)C)cccc2c1. The molecule has 300 valence electrons. The Morgan fingerprint density at radius 1 is 1.07 bits per heavy atom. The van der Waals surface area contributed by atoms with Crippen molar-refractivity contribution in [2.75, 3.05) is 38.1 Å². The number of fused-ring (bicyclic) bond motifs is 4. The van der Waals surface area contributed by atoms with Crippen molar-refractivity contribution in [2.24, 2.45) is 0 Å². The van der Waals surface area contributed by atoms with Gasteiger partial charge in [-0.3, -0.25) is 4.90 Å². The summed E-state index contributed by atoms with van der Waals surface area (Å²) in [6, 6.07) is 10.5. The van der Waals surface area contributed by atoms with E-state index in [4.69, 9.17) is 19.2 Å². The van der Waals surface area contributed by atoms with Gasteiger partial charge in [-0.25, -0.2) is 23.5 Å². The molecular weight excluding hydrogens is 747 g/mol. The fraction of sp³-hybridized carbons (Fsp3) is 0.523. The van der Waals surface area contributed by atoms with Crippen LogP contribution in [0.1, 0.15) is 87.6 Å². The molecule has 0 saturated carbocycles. The van der Waals surface area contributed by atoms with Crippen LogP contribution in [0.4, 0.5) is 19.4 Å². The largest absolute Gasteiger partial charge is 0.468 e. The van der Waals surface area contributed by atoms with Crippen LogP contribution in [0.15, 0.2) is 41.6 Å². The molecule has 0 unspecified atom stereocenters. The van der Waals surface area contributed by atoms with E-state index in [1.165, 1.54) is 24.9 Å². The van der Waals surface area contributed by atoms with Crippen molar-refractivity contribution in [2.45, 2.75) is 121 Å². The van der Waals surface area contributed by atoms with E-state index >= 15 is 8.78 Å². The molecule has 3 aromatic carbocycles. The first-order valence-corrected chi connectivity index (χ1v) is 23.0. The van der Waals surface area contributed by atoms with Crippen LogP contribution in [0.25, 0.3) is 32.8 Å². The van der Waals surface area contributed by atoms with Crippen molar-refractivity contribution in [1.29, 1.82) is 0 Å². The number of hydrogen-bond acceptors (Lipinski definition) is 8. The lowest BCUT2D eigenvalue weighted by Gasteiger charge is -2.47. The van der Waals surface area contributed by atoms with Crippen molar-refractivity contribution in [1.82, 2.24) is 14.9 Å². The van der Waals surface area contributed by atoms with Crippen LogP contribution in [-0.2, 0) is 9.47 Å². The van der Waals surface area contributed by atoms with Crippen LogP contribution >= 0.6 is 11.8 Å². The molecule has 2 fully saturated rings. The van der Waals surface area contributed by atoms with Gasteiger partial charge < -0.3 is 19.1 Å². The number of anilines is 1. The number of benzene rings is 3. The molecule has 2 saturated heterocycles. The summed E-state index contributed by atoms with van der Waals surface area (Å²) in [4.78, 5) is 26.8. The van der Waals surface area contributed by atoms with E-state index in [0.29, 0.717) is 62.9 Å². The minimum Gasteiger partial charge on any atom is -0.468 e. The highest BCUT2D eigenvalue weighted by Gasteiger charge is 2.52. The number of amides is 1. The van der Waals surface area contributed by atoms with Crippen molar-refractivity contribution in [3.8, 4) is 28.3 Å². The molecule has 0 spiro atoms. The highest BCUT2D eigenvalue weighted by atomic mass is 32.2. The highest BCUT2D eigenvalue weighted by Crippen LogP contribution is 2.45. The van der Waals surface area contributed by atoms with Gasteiger partial charge in [-0.2, -0.15) is 0 Å². The van der Waals surface area contributed by atoms with Crippen LogP contribution in [-0.4, -0.2) is 79.5 Å². The highest BCUT2D eigenvalue weighted by molar-refractivity contribution is 7.98. The molecular formula is C44H56F2N4O4SSi. The molecule has 2 bridgehead atoms. The van der Waals surface area contributed by atoms with Crippen LogP contribution in [0.2, 0.25) is 16.6 Å². The summed E-state index contributed by atoms with van der Waals surface area (Å²) >= 11 is 1.29. The standard InChI is InChI=1S/C44H56F2N4O4SSi/c1-26(2)56(27(3)4,28(5)6)19-17-29-14-13-15-30-20-32(53-25-52-11)21-33(36(29)30)37-35(45)22-34-39(38(37)46)47-41(55-12)48-40(34)49-23-31-16-18-44(10,24-49)50(31)42(51)54-43(7,8)9/h13-15,20-22,26-28,31H,16,18,23-25H2,1-12H3/t31-,44+/m1/s1. The lowest BCUT2D eigenvalue weighted by Crippen LogP contribution is -2.63. The van der Waals surface area contributed by atoms with Gasteiger partial charge in [-0.15, -0.1) is 5.54 Å². The third-order valence-corrected chi connectivity index (χ3v) is 18.5. The molecule has 6 rings (SSSR count). The van der Waals surface area contributed by atoms with Crippen LogP contribution in [0, 0.1) is 23.1 Å². The van der Waals surface area contributed by atoms with Crippen molar-refractivity contribution in [3.05, 3.63) is 53.6 Å². The molecule has 2 aliphatic rings. The summed E-state index contributed by atoms with van der Waals surface area (Å²) in [7, 11) is -0.626. The quantitative estimate of drug-likeness (QED) is 0.0544. The first-order chi connectivity index (χ1) is 26.3. The maximum atomic E-state index is 17.5. The molecule has 1 aromatic heterocycles. The fourth-order valence-corrected chi connectivity index (χ4v) is 14.9. The van der Waals surface area contributed by atoms with Crippen LogP contribution < -0.4 is 9.64 Å². The molecule has 8 nitrogen and oxygen atoms in total. The zero-order chi connectivity index (χ0) is 40.9. The van der Waals surface area contributed by atoms with E-state index in [-0.39, 0.29) is 35.4 Å². The fourth-order valence-electron chi connectivity index (χ4n) is 9.33. The van der Waals surface area contributed by atoms with Gasteiger partial charge in [0.25, 0.3) is 0 Å². The average Bonchev–Trinajstić information content (AvgIpc) is 3.33. The van der Waals surface area contributed by atoms with Crippen molar-refractivity contribution in [3.63, 3.8) is 0 Å². The maximum Gasteiger partial charge on any atom is 0.411 e. The molecule has 1 amide bonds. The Bertz CT molecular complexity index is 2190. The zero-order valence-electron chi connectivity index (χ0n) is 34.9. The first-order valence-electron chi connectivity index (χ1n) is 19.6. The van der Waals surface area contributed by atoms with Gasteiger partial charge >= 0.3 is 6.09 Å². The Morgan fingerprint density at radius 2 is 1.77 bits per heavy atom. The topological polar surface area (TPSA) is 77.0 Å². The molecule has 3 heterocycles. The first kappa shape index (κ1) is 41.7. The van der Waals surface area contributed by atoms with Gasteiger partial charge in [0.05, 0.1) is 17.1 Å². The van der Waals surface area contributed by atoms with E-state index < -0.39 is 30.8 Å². The molecule has 0 radical (unpaired) electrons. The van der Waals surface area contributed by atoms with Gasteiger partial charge in [-0.05, 0) is 93.1 Å². The molecule has 0 aliphatic carbocycles. The smallest absolute Gasteiger partial charge is 0.411 e. The van der Waals surface area contributed by atoms with E-state index in [2.05, 4.69) is 62.9 Å². The Kier molecular flexibility index (Phi) is 11.8. The number of methoxy groups -OCH3 is 1. The summed E-state index contributed by atoms with van der Waals surface area (Å²) in [6.07, 6.45) is 3.04. The Balaban J connectivity index is 1.54. The molecule has 2 aliphatic heterocycles. The zero-order valence-corrected chi connectivity index (χ0v) is 36.7. The van der Waals surface area contributed by atoms with Crippen LogP contribution in [0.5, 0.6) is 5.75 Å². The summed E-state index contributed by atoms with van der Waals surface area (Å²) in [5, 5.41) is 2.02. The number of carbonyl (C=O) groups excluding carboxylic acids is 1. The molecule has 56 heavy (non-hydrogen) atoms. The van der Waals surface area contributed by atoms with Gasteiger partial charge in [0, 0.05) is 42.1 Å². The second kappa shape index (κ2) is 15.8. The predicted octanol–water partition coefficient (Wildman–Crippen LogP) is 11.0. The Hall–Kier alpha value is -3.92. The monoisotopic (exact) mass is 802 g/mol. The minimum atomic E-state index is -2.15. The number of ether oxygens (including phenoxy) is 3. The molecule has 2 atom stereocenters. The summed E-state index contributed by atoms with van der Waals surface area (Å²) in [5.41, 5.74) is 4.68. The van der Waals surface area contributed by atoms with Crippen molar-refractivity contribution >= 4 is 53.4 Å². The lowest BCUT2D eigenvalue weighted by molar-refractivity contribution is -0.00280. The summed E-state index contributed by atoms with van der Waals surface area (Å²) in [5.74, 6) is 2.88. The number of nitrogens with zero attached hydrogens (tertiary/aromatic N) is 4. The van der Waals surface area contributed by atoms with E-state index in [0.717, 1.165) is 18.2 Å². The minimum absolute atomic E-state index is 0.0218.